The largest absolute Gasteiger partial charge is 0.497 e. The average Bonchev–Trinajstić information content (AvgIpc) is 2.70. The Hall–Kier alpha value is -1.75. The summed E-state index contributed by atoms with van der Waals surface area (Å²) >= 11 is 0. The van der Waals surface area contributed by atoms with Crippen molar-refractivity contribution in [1.82, 2.24) is 10.2 Å². The van der Waals surface area contributed by atoms with E-state index in [9.17, 15) is 4.79 Å². The summed E-state index contributed by atoms with van der Waals surface area (Å²) in [6, 6.07) is 8.01. The third-order valence-electron chi connectivity index (χ3n) is 4.90. The fraction of sp³-hybridized carbons (Fsp3) is 0.562. The number of methoxy groups -OCH3 is 1. The van der Waals surface area contributed by atoms with Crippen molar-refractivity contribution in [3.05, 3.63) is 24.3 Å². The van der Waals surface area contributed by atoms with Gasteiger partial charge in [-0.3, -0.25) is 4.79 Å². The molecule has 2 saturated heterocycles. The highest BCUT2D eigenvalue weighted by Crippen LogP contribution is 2.41. The van der Waals surface area contributed by atoms with Gasteiger partial charge in [0.1, 0.15) is 17.5 Å². The molecule has 1 aromatic rings. The van der Waals surface area contributed by atoms with Gasteiger partial charge in [-0.2, -0.15) is 0 Å². The monoisotopic (exact) mass is 289 g/mol. The van der Waals surface area contributed by atoms with Crippen molar-refractivity contribution in [2.24, 2.45) is 0 Å². The number of amides is 1. The number of nitrogens with one attached hydrogen (secondary N) is 1. The fourth-order valence-electron chi connectivity index (χ4n) is 3.63. The molecule has 1 unspecified atom stereocenters. The van der Waals surface area contributed by atoms with Crippen LogP contribution in [0.25, 0.3) is 0 Å². The summed E-state index contributed by atoms with van der Waals surface area (Å²) in [7, 11) is 3.57. The number of anilines is 1. The maximum atomic E-state index is 12.8. The lowest BCUT2D eigenvalue weighted by atomic mass is 9.86. The lowest BCUT2D eigenvalue weighted by Gasteiger charge is -2.41. The van der Waals surface area contributed by atoms with E-state index in [0.29, 0.717) is 0 Å². The first-order valence-electron chi connectivity index (χ1n) is 7.51. The lowest BCUT2D eigenvalue weighted by molar-refractivity contribution is -0.132. The second-order valence-electron chi connectivity index (χ2n) is 5.90. The van der Waals surface area contributed by atoms with E-state index in [4.69, 9.17) is 4.74 Å². The first-order chi connectivity index (χ1) is 10.1. The summed E-state index contributed by atoms with van der Waals surface area (Å²) < 4.78 is 5.23. The molecular weight excluding hydrogens is 266 g/mol. The first kappa shape index (κ1) is 14.2. The summed E-state index contributed by atoms with van der Waals surface area (Å²) in [5.74, 6) is 1.08. The number of rotatable bonds is 2. The van der Waals surface area contributed by atoms with Crippen LogP contribution in [0.1, 0.15) is 19.8 Å². The second-order valence-corrected chi connectivity index (χ2v) is 5.90. The maximum Gasteiger partial charge on any atom is 0.249 e. The average molecular weight is 289 g/mol. The van der Waals surface area contributed by atoms with Gasteiger partial charge in [0.15, 0.2) is 0 Å². The molecule has 0 bridgehead atoms. The molecule has 3 rings (SSSR count). The van der Waals surface area contributed by atoms with Gasteiger partial charge < -0.3 is 19.9 Å². The lowest BCUT2D eigenvalue weighted by Crippen LogP contribution is -2.56. The predicted molar refractivity (Wildman–Crippen MR) is 82.5 cm³/mol. The van der Waals surface area contributed by atoms with Gasteiger partial charge in [0.05, 0.1) is 7.11 Å². The molecule has 0 saturated carbocycles. The number of carbonyl (C=O) groups excluding carboxylic acids is 1. The molecule has 5 nitrogen and oxygen atoms in total. The maximum absolute atomic E-state index is 12.8. The van der Waals surface area contributed by atoms with Crippen molar-refractivity contribution in [3.63, 3.8) is 0 Å². The Bertz CT molecular complexity index is 523. The third kappa shape index (κ3) is 2.07. The number of likely N-dealkylation sites (N-methyl/N-ethyl adjacent to an activating group) is 1. The van der Waals surface area contributed by atoms with Crippen molar-refractivity contribution < 1.29 is 9.53 Å². The number of benzene rings is 1. The molecule has 2 heterocycles. The van der Waals surface area contributed by atoms with E-state index in [0.717, 1.165) is 37.4 Å². The van der Waals surface area contributed by atoms with Gasteiger partial charge in [-0.05, 0) is 57.1 Å². The molecule has 2 aliphatic heterocycles. The van der Waals surface area contributed by atoms with Crippen LogP contribution in [-0.2, 0) is 4.79 Å². The van der Waals surface area contributed by atoms with Crippen LogP contribution >= 0.6 is 0 Å². The number of ether oxygens (including phenoxy) is 1. The Kier molecular flexibility index (Phi) is 3.53. The van der Waals surface area contributed by atoms with Gasteiger partial charge in [0.25, 0.3) is 0 Å². The molecule has 1 N–H and O–H groups in total. The Labute approximate surface area is 125 Å². The van der Waals surface area contributed by atoms with Crippen LogP contribution in [0.4, 0.5) is 5.69 Å². The van der Waals surface area contributed by atoms with E-state index < -0.39 is 5.54 Å². The van der Waals surface area contributed by atoms with E-state index in [1.807, 2.05) is 36.2 Å². The van der Waals surface area contributed by atoms with Crippen molar-refractivity contribution in [2.45, 2.75) is 31.5 Å². The summed E-state index contributed by atoms with van der Waals surface area (Å²) in [5.41, 5.74) is 0.691. The van der Waals surface area contributed by atoms with E-state index in [2.05, 4.69) is 17.1 Å². The van der Waals surface area contributed by atoms with Gasteiger partial charge in [0, 0.05) is 12.7 Å². The van der Waals surface area contributed by atoms with Gasteiger partial charge in [-0.1, -0.05) is 0 Å². The van der Waals surface area contributed by atoms with Crippen LogP contribution in [0.2, 0.25) is 0 Å². The molecule has 5 heteroatoms. The smallest absolute Gasteiger partial charge is 0.249 e. The molecular formula is C16H23N3O2. The molecule has 1 aromatic carbocycles. The SMILES string of the molecule is COc1ccc(N2C(C)N(C)C(=O)C23CCNCC3)cc1. The summed E-state index contributed by atoms with van der Waals surface area (Å²) in [5, 5.41) is 3.36. The van der Waals surface area contributed by atoms with Gasteiger partial charge in [0.2, 0.25) is 5.91 Å². The second kappa shape index (κ2) is 5.22. The van der Waals surface area contributed by atoms with E-state index in [1.54, 1.807) is 7.11 Å². The Morgan fingerprint density at radius 3 is 2.43 bits per heavy atom. The molecule has 0 aliphatic carbocycles. The zero-order chi connectivity index (χ0) is 15.0. The van der Waals surface area contributed by atoms with E-state index in [-0.39, 0.29) is 12.1 Å². The number of piperidine rings is 1. The van der Waals surface area contributed by atoms with Crippen molar-refractivity contribution in [3.8, 4) is 5.75 Å². The van der Waals surface area contributed by atoms with Crippen molar-refractivity contribution in [1.29, 1.82) is 0 Å². The normalized spacial score (nSPS) is 24.7. The van der Waals surface area contributed by atoms with Crippen LogP contribution in [0.15, 0.2) is 24.3 Å². The van der Waals surface area contributed by atoms with Crippen LogP contribution in [-0.4, -0.2) is 49.8 Å². The molecule has 1 amide bonds. The minimum absolute atomic E-state index is 0.0731. The van der Waals surface area contributed by atoms with Gasteiger partial charge in [-0.25, -0.2) is 0 Å². The molecule has 2 aliphatic rings. The Balaban J connectivity index is 2.01. The summed E-state index contributed by atoms with van der Waals surface area (Å²) in [6.45, 7) is 3.87. The predicted octanol–water partition coefficient (Wildman–Crippen LogP) is 1.44. The highest BCUT2D eigenvalue weighted by Gasteiger charge is 2.54. The van der Waals surface area contributed by atoms with Crippen molar-refractivity contribution >= 4 is 11.6 Å². The molecule has 1 atom stereocenters. The molecule has 2 fully saturated rings. The van der Waals surface area contributed by atoms with E-state index >= 15 is 0 Å². The zero-order valence-corrected chi connectivity index (χ0v) is 12.9. The number of nitrogens with zero attached hydrogens (tertiary/aromatic N) is 2. The van der Waals surface area contributed by atoms with Gasteiger partial charge in [-0.15, -0.1) is 0 Å². The number of carbonyl (C=O) groups is 1. The van der Waals surface area contributed by atoms with Crippen LogP contribution in [0, 0.1) is 0 Å². The highest BCUT2D eigenvalue weighted by atomic mass is 16.5. The molecule has 0 radical (unpaired) electrons. The Morgan fingerprint density at radius 2 is 1.86 bits per heavy atom. The quantitative estimate of drug-likeness (QED) is 0.895. The first-order valence-corrected chi connectivity index (χ1v) is 7.51. The molecule has 114 valence electrons. The summed E-state index contributed by atoms with van der Waals surface area (Å²) in [6.07, 6.45) is 1.78. The minimum Gasteiger partial charge on any atom is -0.497 e. The number of hydrogen-bond donors (Lipinski definition) is 1. The van der Waals surface area contributed by atoms with Crippen LogP contribution in [0.5, 0.6) is 5.75 Å². The van der Waals surface area contributed by atoms with Crippen molar-refractivity contribution in [2.75, 3.05) is 32.1 Å². The zero-order valence-electron chi connectivity index (χ0n) is 12.9. The topological polar surface area (TPSA) is 44.8 Å². The highest BCUT2D eigenvalue weighted by molar-refractivity contribution is 5.94. The summed E-state index contributed by atoms with van der Waals surface area (Å²) in [4.78, 5) is 17.0. The Morgan fingerprint density at radius 1 is 1.24 bits per heavy atom. The molecule has 0 aromatic heterocycles. The minimum atomic E-state index is -0.395. The van der Waals surface area contributed by atoms with Gasteiger partial charge >= 0.3 is 0 Å². The van der Waals surface area contributed by atoms with Crippen LogP contribution < -0.4 is 15.0 Å². The molecule has 1 spiro atoms. The van der Waals surface area contributed by atoms with Crippen LogP contribution in [0.3, 0.4) is 0 Å². The molecule has 21 heavy (non-hydrogen) atoms. The number of hydrogen-bond acceptors (Lipinski definition) is 4. The fourth-order valence-corrected chi connectivity index (χ4v) is 3.63. The standard InChI is InChI=1S/C16H23N3O2/c1-12-18(2)15(20)16(8-10-17-11-9-16)19(12)13-4-6-14(21-3)7-5-13/h4-7,12,17H,8-11H2,1-3H3. The third-order valence-corrected chi connectivity index (χ3v) is 4.90. The van der Waals surface area contributed by atoms with E-state index in [1.165, 1.54) is 0 Å².